The molecule has 0 atom stereocenters. The predicted molar refractivity (Wildman–Crippen MR) is 76.0 cm³/mol. The second-order valence-corrected chi connectivity index (χ2v) is 5.35. The molecule has 0 fully saturated rings. The molecular formula is C15H11NOS. The van der Waals surface area contributed by atoms with Gasteiger partial charge in [0.25, 0.3) is 0 Å². The molecule has 2 aromatic carbocycles. The predicted octanol–water partition coefficient (Wildman–Crippen LogP) is 4.04. The van der Waals surface area contributed by atoms with Gasteiger partial charge in [-0.15, -0.1) is 11.3 Å². The van der Waals surface area contributed by atoms with Gasteiger partial charge in [-0.25, -0.2) is 0 Å². The monoisotopic (exact) mass is 253 g/mol. The Kier molecular flexibility index (Phi) is 1.94. The van der Waals surface area contributed by atoms with Crippen molar-refractivity contribution in [1.29, 1.82) is 0 Å². The molecule has 0 aliphatic carbocycles. The van der Waals surface area contributed by atoms with Crippen molar-refractivity contribution in [1.82, 2.24) is 0 Å². The molecule has 0 bridgehead atoms. The van der Waals surface area contributed by atoms with Crippen molar-refractivity contribution in [2.24, 2.45) is 0 Å². The fraction of sp³-hybridized carbons (Fsp3) is 0.0667. The van der Waals surface area contributed by atoms with Gasteiger partial charge >= 0.3 is 0 Å². The molecule has 18 heavy (non-hydrogen) atoms. The average Bonchev–Trinajstić information content (AvgIpc) is 2.80. The van der Waals surface area contributed by atoms with E-state index in [-0.39, 0.29) is 0 Å². The molecule has 88 valence electrons. The number of rotatable bonds is 0. The Balaban J connectivity index is 2.15. The van der Waals surface area contributed by atoms with Crippen LogP contribution in [0, 0.1) is 0 Å². The number of ether oxygens (including phenoxy) is 1. The Labute approximate surface area is 109 Å². The summed E-state index contributed by atoms with van der Waals surface area (Å²) in [4.78, 5) is 0. The first kappa shape index (κ1) is 9.97. The molecule has 1 aliphatic heterocycles. The summed E-state index contributed by atoms with van der Waals surface area (Å²) in [5, 5.41) is 5.47. The van der Waals surface area contributed by atoms with Gasteiger partial charge in [-0.1, -0.05) is 30.3 Å². The zero-order chi connectivity index (χ0) is 12.1. The zero-order valence-electron chi connectivity index (χ0n) is 9.64. The molecule has 2 N–H and O–H groups in total. The summed E-state index contributed by atoms with van der Waals surface area (Å²) in [6.45, 7) is 0.579. The average molecular weight is 253 g/mol. The quantitative estimate of drug-likeness (QED) is 0.656. The maximum Gasteiger partial charge on any atom is 0.128 e. The number of hydrogen-bond acceptors (Lipinski definition) is 3. The number of nitrogen functional groups attached to an aromatic ring is 1. The van der Waals surface area contributed by atoms with E-state index in [1.54, 1.807) is 11.3 Å². The van der Waals surface area contributed by atoms with Gasteiger partial charge in [-0.05, 0) is 16.8 Å². The fourth-order valence-electron chi connectivity index (χ4n) is 2.56. The number of hydrogen-bond donors (Lipinski definition) is 1. The molecule has 1 aliphatic rings. The first-order valence-corrected chi connectivity index (χ1v) is 6.73. The molecule has 0 radical (unpaired) electrons. The highest BCUT2D eigenvalue weighted by atomic mass is 32.1. The van der Waals surface area contributed by atoms with Crippen LogP contribution in [-0.2, 0) is 6.61 Å². The topological polar surface area (TPSA) is 35.2 Å². The Bertz CT molecular complexity index is 760. The molecule has 3 heteroatoms. The molecule has 1 aromatic heterocycles. The van der Waals surface area contributed by atoms with Crippen LogP contribution in [0.1, 0.15) is 5.56 Å². The van der Waals surface area contributed by atoms with E-state index in [4.69, 9.17) is 10.5 Å². The van der Waals surface area contributed by atoms with E-state index in [1.807, 2.05) is 0 Å². The second-order valence-electron chi connectivity index (χ2n) is 4.44. The zero-order valence-corrected chi connectivity index (χ0v) is 10.5. The molecule has 2 heterocycles. The molecule has 0 amide bonds. The van der Waals surface area contributed by atoms with Crippen LogP contribution in [0.2, 0.25) is 0 Å². The Hall–Kier alpha value is -2.00. The van der Waals surface area contributed by atoms with E-state index in [0.29, 0.717) is 6.61 Å². The summed E-state index contributed by atoms with van der Waals surface area (Å²) < 4.78 is 5.82. The third-order valence-corrected chi connectivity index (χ3v) is 4.31. The summed E-state index contributed by atoms with van der Waals surface area (Å²) >= 11 is 1.59. The van der Waals surface area contributed by atoms with Gasteiger partial charge in [-0.2, -0.15) is 0 Å². The minimum atomic E-state index is 0.579. The minimum Gasteiger partial charge on any atom is -0.488 e. The van der Waals surface area contributed by atoms with Crippen LogP contribution >= 0.6 is 11.3 Å². The molecule has 0 unspecified atom stereocenters. The van der Waals surface area contributed by atoms with Gasteiger partial charge in [0.2, 0.25) is 0 Å². The highest BCUT2D eigenvalue weighted by molar-refractivity contribution is 7.14. The lowest BCUT2D eigenvalue weighted by molar-refractivity contribution is 0.304. The van der Waals surface area contributed by atoms with Gasteiger partial charge in [0.1, 0.15) is 12.4 Å². The first-order valence-electron chi connectivity index (χ1n) is 5.85. The largest absolute Gasteiger partial charge is 0.488 e. The molecule has 4 rings (SSSR count). The van der Waals surface area contributed by atoms with Crippen LogP contribution in [-0.4, -0.2) is 0 Å². The normalized spacial score (nSPS) is 12.9. The SMILES string of the molecule is Nc1scc2c1COc1ccc3ccccc3c1-2. The van der Waals surface area contributed by atoms with Crippen LogP contribution < -0.4 is 10.5 Å². The summed E-state index contributed by atoms with van der Waals surface area (Å²) in [6.07, 6.45) is 0. The molecule has 3 aromatic rings. The molecular weight excluding hydrogens is 242 g/mol. The summed E-state index contributed by atoms with van der Waals surface area (Å²) in [6, 6.07) is 12.5. The van der Waals surface area contributed by atoms with E-state index in [0.717, 1.165) is 16.3 Å². The Morgan fingerprint density at radius 3 is 2.94 bits per heavy atom. The van der Waals surface area contributed by atoms with Crippen molar-refractivity contribution in [2.75, 3.05) is 5.73 Å². The number of benzene rings is 2. The Morgan fingerprint density at radius 1 is 1.11 bits per heavy atom. The van der Waals surface area contributed by atoms with Gasteiger partial charge in [0.05, 0.1) is 5.00 Å². The van der Waals surface area contributed by atoms with Crippen molar-refractivity contribution < 1.29 is 4.74 Å². The maximum absolute atomic E-state index is 6.00. The van der Waals surface area contributed by atoms with Crippen LogP contribution in [0.15, 0.2) is 41.8 Å². The number of anilines is 1. The van der Waals surface area contributed by atoms with E-state index < -0.39 is 0 Å². The molecule has 0 spiro atoms. The van der Waals surface area contributed by atoms with Crippen LogP contribution in [0.3, 0.4) is 0 Å². The lowest BCUT2D eigenvalue weighted by Crippen LogP contribution is -2.05. The van der Waals surface area contributed by atoms with Crippen LogP contribution in [0.4, 0.5) is 5.00 Å². The second kappa shape index (κ2) is 3.50. The third kappa shape index (κ3) is 1.22. The molecule has 0 saturated carbocycles. The van der Waals surface area contributed by atoms with Crippen molar-refractivity contribution in [3.05, 3.63) is 47.3 Å². The maximum atomic E-state index is 6.00. The van der Waals surface area contributed by atoms with Crippen molar-refractivity contribution in [2.45, 2.75) is 6.61 Å². The summed E-state index contributed by atoms with van der Waals surface area (Å²) in [5.41, 5.74) is 9.54. The molecule has 2 nitrogen and oxygen atoms in total. The minimum absolute atomic E-state index is 0.579. The molecule has 0 saturated heterocycles. The van der Waals surface area contributed by atoms with Gasteiger partial charge < -0.3 is 10.5 Å². The van der Waals surface area contributed by atoms with Gasteiger partial charge in [-0.3, -0.25) is 0 Å². The van der Waals surface area contributed by atoms with Crippen molar-refractivity contribution >= 4 is 27.1 Å². The third-order valence-electron chi connectivity index (χ3n) is 3.46. The summed E-state index contributed by atoms with van der Waals surface area (Å²) in [5.74, 6) is 0.957. The van der Waals surface area contributed by atoms with E-state index in [2.05, 4.69) is 41.8 Å². The van der Waals surface area contributed by atoms with E-state index in [9.17, 15) is 0 Å². The van der Waals surface area contributed by atoms with Crippen molar-refractivity contribution in [3.8, 4) is 16.9 Å². The lowest BCUT2D eigenvalue weighted by Gasteiger charge is -2.20. The van der Waals surface area contributed by atoms with Crippen LogP contribution in [0.25, 0.3) is 21.9 Å². The first-order chi connectivity index (χ1) is 8.84. The highest BCUT2D eigenvalue weighted by Gasteiger charge is 2.22. The number of fused-ring (bicyclic) bond motifs is 5. The van der Waals surface area contributed by atoms with Gasteiger partial charge in [0.15, 0.2) is 0 Å². The Morgan fingerprint density at radius 2 is 2.00 bits per heavy atom. The van der Waals surface area contributed by atoms with Crippen LogP contribution in [0.5, 0.6) is 5.75 Å². The number of thiophene rings is 1. The highest BCUT2D eigenvalue weighted by Crippen LogP contribution is 2.46. The van der Waals surface area contributed by atoms with Gasteiger partial charge in [0, 0.05) is 22.1 Å². The number of nitrogens with two attached hydrogens (primary N) is 1. The fourth-order valence-corrected chi connectivity index (χ4v) is 3.37. The van der Waals surface area contributed by atoms with E-state index in [1.165, 1.54) is 21.9 Å². The van der Waals surface area contributed by atoms with E-state index >= 15 is 0 Å². The lowest BCUT2D eigenvalue weighted by atomic mass is 9.95. The summed E-state index contributed by atoms with van der Waals surface area (Å²) in [7, 11) is 0. The smallest absolute Gasteiger partial charge is 0.128 e. The van der Waals surface area contributed by atoms with Crippen molar-refractivity contribution in [3.63, 3.8) is 0 Å². The standard InChI is InChI=1S/C15H11NOS/c16-15-11-7-17-13-6-5-9-3-1-2-4-10(9)14(13)12(11)8-18-15/h1-6,8H,7,16H2.